The molecular formula is C34H36Mg2N6O6S2+2. The molecule has 0 aliphatic carbocycles. The van der Waals surface area contributed by atoms with Crippen LogP contribution in [0.4, 0.5) is 0 Å². The van der Waals surface area contributed by atoms with E-state index in [1.807, 2.05) is 27.7 Å². The molecule has 4 heterocycles. The molecule has 0 radical (unpaired) electrons. The number of aryl methyl sites for hydroxylation is 2. The zero-order valence-electron chi connectivity index (χ0n) is 29.4. The van der Waals surface area contributed by atoms with E-state index < -0.39 is 21.6 Å². The molecule has 50 heavy (non-hydrogen) atoms. The Hall–Kier alpha value is -3.29. The second-order valence-electron chi connectivity index (χ2n) is 10.8. The fourth-order valence-corrected chi connectivity index (χ4v) is 7.24. The summed E-state index contributed by atoms with van der Waals surface area (Å²) in [7, 11) is 3.66. The van der Waals surface area contributed by atoms with Crippen LogP contribution in [0.25, 0.3) is 22.1 Å². The first kappa shape index (κ1) is 41.1. The number of methoxy groups -OCH3 is 4. The summed E-state index contributed by atoms with van der Waals surface area (Å²) < 4.78 is 46.4. The molecule has 252 valence electrons. The molecule has 0 saturated carbocycles. The standard InChI is InChI=1S/2C17H18N3O3S.2Mg/c2*1-10-8-18-15(11(2)16(10)23-4)9-24(21)17-19-13-6-5-12(22-3)7-14(13)20-17;;/h2*5-8H,9H2,1-4H3;;/q2*-1;2*+2. The van der Waals surface area contributed by atoms with Crippen molar-refractivity contribution in [1.29, 1.82) is 0 Å². The van der Waals surface area contributed by atoms with Gasteiger partial charge in [0.25, 0.3) is 0 Å². The van der Waals surface area contributed by atoms with Crippen molar-refractivity contribution in [1.82, 2.24) is 29.9 Å². The van der Waals surface area contributed by atoms with Crippen LogP contribution in [0.2, 0.25) is 0 Å². The number of imidazole rings is 2. The Morgan fingerprint density at radius 3 is 1.32 bits per heavy atom. The van der Waals surface area contributed by atoms with Crippen LogP contribution in [-0.2, 0) is 33.1 Å². The molecule has 0 aliphatic heterocycles. The van der Waals surface area contributed by atoms with E-state index in [2.05, 4.69) is 29.9 Å². The van der Waals surface area contributed by atoms with Crippen LogP contribution in [0.3, 0.4) is 0 Å². The van der Waals surface area contributed by atoms with E-state index in [0.717, 1.165) is 45.1 Å². The van der Waals surface area contributed by atoms with Crippen LogP contribution in [0.5, 0.6) is 23.0 Å². The van der Waals surface area contributed by atoms with Gasteiger partial charge in [-0.1, -0.05) is 12.1 Å². The number of ether oxygens (including phenoxy) is 4. The number of fused-ring (bicyclic) bond motifs is 2. The maximum absolute atomic E-state index is 12.6. The Morgan fingerprint density at radius 1 is 0.600 bits per heavy atom. The average molecular weight is 737 g/mol. The van der Waals surface area contributed by atoms with Gasteiger partial charge in [-0.05, 0) is 74.0 Å². The molecule has 12 nitrogen and oxygen atoms in total. The molecule has 0 amide bonds. The van der Waals surface area contributed by atoms with E-state index in [9.17, 15) is 8.42 Å². The first-order chi connectivity index (χ1) is 23.1. The second kappa shape index (κ2) is 18.3. The Kier molecular flexibility index (Phi) is 15.0. The Morgan fingerprint density at radius 2 is 0.980 bits per heavy atom. The van der Waals surface area contributed by atoms with E-state index in [4.69, 9.17) is 18.9 Å². The van der Waals surface area contributed by atoms with Gasteiger partial charge in [0.2, 0.25) is 0 Å². The first-order valence-corrected chi connectivity index (χ1v) is 17.4. The predicted octanol–water partition coefficient (Wildman–Crippen LogP) is 4.30. The maximum Gasteiger partial charge on any atom is 2.00 e. The molecule has 2 unspecified atom stereocenters. The summed E-state index contributed by atoms with van der Waals surface area (Å²) >= 11 is 0. The van der Waals surface area contributed by atoms with Crippen molar-refractivity contribution in [3.63, 3.8) is 0 Å². The van der Waals surface area contributed by atoms with Crippen LogP contribution in [0.1, 0.15) is 33.6 Å². The van der Waals surface area contributed by atoms with Crippen molar-refractivity contribution in [2.75, 3.05) is 28.4 Å². The number of pyridine rings is 2. The van der Waals surface area contributed by atoms with E-state index in [1.54, 1.807) is 77.2 Å². The van der Waals surface area contributed by atoms with Gasteiger partial charge in [0.05, 0.1) is 72.9 Å². The van der Waals surface area contributed by atoms with Crippen molar-refractivity contribution in [3.05, 3.63) is 82.4 Å². The minimum atomic E-state index is -1.38. The van der Waals surface area contributed by atoms with E-state index in [0.29, 0.717) is 43.9 Å². The fraction of sp³-hybridized carbons (Fsp3) is 0.294. The number of aromatic nitrogens is 6. The quantitative estimate of drug-likeness (QED) is 0.185. The molecule has 0 aliphatic rings. The van der Waals surface area contributed by atoms with Crippen LogP contribution < -0.4 is 28.9 Å². The van der Waals surface area contributed by atoms with Gasteiger partial charge < -0.3 is 38.9 Å². The molecule has 4 aromatic heterocycles. The third-order valence-corrected chi connectivity index (χ3v) is 9.92. The summed E-state index contributed by atoms with van der Waals surface area (Å²) in [6.45, 7) is 7.69. The SMILES string of the molecule is COc1ccc2[n-]c(S(=O)Cc3ncc(C)c(OC)c3C)nc2c1.COc1ccc2[n-]c(S(=O)Cc3ncc(C)c(OC)c3C)nc2c1.[Mg+2].[Mg+2]. The zero-order valence-corrected chi connectivity index (χ0v) is 33.9. The van der Waals surface area contributed by atoms with Gasteiger partial charge in [-0.25, -0.2) is 0 Å². The van der Waals surface area contributed by atoms with Gasteiger partial charge in [0.15, 0.2) is 0 Å². The van der Waals surface area contributed by atoms with Crippen molar-refractivity contribution in [2.24, 2.45) is 0 Å². The average Bonchev–Trinajstić information content (AvgIpc) is 3.72. The van der Waals surface area contributed by atoms with Gasteiger partial charge in [0, 0.05) is 45.0 Å². The molecule has 0 spiro atoms. The molecular weight excluding hydrogens is 701 g/mol. The minimum Gasteiger partial charge on any atom is -0.497 e. The second-order valence-corrected chi connectivity index (χ2v) is 13.5. The van der Waals surface area contributed by atoms with Crippen molar-refractivity contribution in [3.8, 4) is 23.0 Å². The van der Waals surface area contributed by atoms with Crippen molar-refractivity contribution >= 4 is 89.8 Å². The molecule has 0 saturated heterocycles. The van der Waals surface area contributed by atoms with E-state index in [1.165, 1.54) is 0 Å². The summed E-state index contributed by atoms with van der Waals surface area (Å²) in [5.74, 6) is 3.43. The van der Waals surface area contributed by atoms with E-state index in [-0.39, 0.29) is 57.6 Å². The third-order valence-electron chi connectivity index (χ3n) is 7.67. The monoisotopic (exact) mass is 736 g/mol. The van der Waals surface area contributed by atoms with Crippen LogP contribution in [-0.4, -0.2) is 103 Å². The van der Waals surface area contributed by atoms with Gasteiger partial charge in [-0.3, -0.25) is 18.4 Å². The molecule has 16 heteroatoms. The summed E-state index contributed by atoms with van der Waals surface area (Å²) in [6, 6.07) is 10.8. The number of nitrogens with zero attached hydrogens (tertiary/aromatic N) is 6. The van der Waals surface area contributed by atoms with Crippen LogP contribution in [0, 0.1) is 27.7 Å². The molecule has 2 atom stereocenters. The molecule has 0 bridgehead atoms. The largest absolute Gasteiger partial charge is 2.00 e. The number of hydrogen-bond acceptors (Lipinski definition) is 10. The Bertz CT molecular complexity index is 2010. The number of benzene rings is 2. The van der Waals surface area contributed by atoms with Crippen LogP contribution >= 0.6 is 0 Å². The molecule has 0 N–H and O–H groups in total. The first-order valence-electron chi connectivity index (χ1n) is 14.8. The van der Waals surface area contributed by atoms with Crippen LogP contribution in [0.15, 0.2) is 59.1 Å². The fourth-order valence-electron chi connectivity index (χ4n) is 5.11. The Labute approximate surface area is 328 Å². The molecule has 6 rings (SSSR count). The molecule has 2 aromatic carbocycles. The smallest absolute Gasteiger partial charge is 0.497 e. The van der Waals surface area contributed by atoms with Gasteiger partial charge in [0.1, 0.15) is 23.0 Å². The summed E-state index contributed by atoms with van der Waals surface area (Å²) in [5, 5.41) is 0.609. The number of hydrogen-bond donors (Lipinski definition) is 0. The normalized spacial score (nSPS) is 11.8. The summed E-state index contributed by atoms with van der Waals surface area (Å²) in [4.78, 5) is 26.2. The third kappa shape index (κ3) is 9.13. The molecule has 6 aromatic rings. The minimum absolute atomic E-state index is 0. The number of rotatable bonds is 10. The van der Waals surface area contributed by atoms with Crippen molar-refractivity contribution in [2.45, 2.75) is 49.5 Å². The van der Waals surface area contributed by atoms with Gasteiger partial charge in [-0.15, -0.1) is 0 Å². The Balaban J connectivity index is 0.000000260. The topological polar surface area (TPSA) is 151 Å². The van der Waals surface area contributed by atoms with E-state index >= 15 is 0 Å². The summed E-state index contributed by atoms with van der Waals surface area (Å²) in [6.07, 6.45) is 3.46. The zero-order chi connectivity index (χ0) is 34.5. The van der Waals surface area contributed by atoms with Gasteiger partial charge in [-0.2, -0.15) is 0 Å². The maximum atomic E-state index is 12.6. The summed E-state index contributed by atoms with van der Waals surface area (Å²) in [5.41, 5.74) is 7.87. The van der Waals surface area contributed by atoms with Crippen molar-refractivity contribution < 1.29 is 27.4 Å². The molecule has 0 fully saturated rings. The van der Waals surface area contributed by atoms with Gasteiger partial charge >= 0.3 is 46.1 Å². The predicted molar refractivity (Wildman–Crippen MR) is 195 cm³/mol.